The number of amides is 1. The van der Waals surface area contributed by atoms with Gasteiger partial charge in [0.15, 0.2) is 0 Å². The first-order chi connectivity index (χ1) is 6.68. The minimum Gasteiger partial charge on any atom is -0.352 e. The molecule has 0 spiro atoms. The van der Waals surface area contributed by atoms with E-state index in [9.17, 15) is 4.79 Å². The van der Waals surface area contributed by atoms with Crippen LogP contribution in [-0.2, 0) is 4.79 Å². The van der Waals surface area contributed by atoms with E-state index in [1.54, 1.807) is 0 Å². The molecular weight excluding hydrogens is 196 g/mol. The Hall–Kier alpha value is -0.220. The Morgan fingerprint density at radius 2 is 2.36 bits per heavy atom. The second-order valence-electron chi connectivity index (χ2n) is 4.52. The fraction of sp³-hybridized carbons (Fsp3) is 0.900. The van der Waals surface area contributed by atoms with Gasteiger partial charge < -0.3 is 11.1 Å². The molecule has 1 heterocycles. The smallest absolute Gasteiger partial charge is 0.222 e. The zero-order chi connectivity index (χ0) is 10.0. The Labute approximate surface area is 89.2 Å². The lowest BCUT2D eigenvalue weighted by Crippen LogP contribution is -2.51. The van der Waals surface area contributed by atoms with E-state index >= 15 is 0 Å². The molecule has 1 atom stereocenters. The zero-order valence-electron chi connectivity index (χ0n) is 8.42. The molecule has 1 aliphatic heterocycles. The molecule has 2 fully saturated rings. The Morgan fingerprint density at radius 3 is 2.86 bits per heavy atom. The normalized spacial score (nSPS) is 29.6. The van der Waals surface area contributed by atoms with Crippen LogP contribution >= 0.6 is 11.8 Å². The highest BCUT2D eigenvalue weighted by Crippen LogP contribution is 2.32. The number of carbonyl (C=O) groups excluding carboxylic acids is 1. The summed E-state index contributed by atoms with van der Waals surface area (Å²) in [6, 6.07) is 0.399. The summed E-state index contributed by atoms with van der Waals surface area (Å²) < 4.78 is 0. The third-order valence-corrected chi connectivity index (χ3v) is 4.32. The molecule has 14 heavy (non-hydrogen) atoms. The van der Waals surface area contributed by atoms with Gasteiger partial charge in [-0.3, -0.25) is 4.79 Å². The molecule has 0 radical (unpaired) electrons. The van der Waals surface area contributed by atoms with Crippen LogP contribution in [0.4, 0.5) is 0 Å². The second-order valence-corrected chi connectivity index (χ2v) is 5.67. The summed E-state index contributed by atoms with van der Waals surface area (Å²) in [4.78, 5) is 11.6. The van der Waals surface area contributed by atoms with Crippen LogP contribution < -0.4 is 11.1 Å². The standard InChI is InChI=1S/C10H18N2OS/c11-10(3-1-4-10)6-9(13)12-8-2-5-14-7-8/h8H,1-7,11H2,(H,12,13). The maximum atomic E-state index is 11.6. The first-order valence-corrected chi connectivity index (χ1v) is 6.49. The van der Waals surface area contributed by atoms with Crippen LogP contribution in [0.5, 0.6) is 0 Å². The van der Waals surface area contributed by atoms with Gasteiger partial charge in [0.05, 0.1) is 0 Å². The predicted octanol–water partition coefficient (Wildman–Crippen LogP) is 0.880. The van der Waals surface area contributed by atoms with Crippen LogP contribution in [0.1, 0.15) is 32.1 Å². The monoisotopic (exact) mass is 214 g/mol. The zero-order valence-corrected chi connectivity index (χ0v) is 9.24. The summed E-state index contributed by atoms with van der Waals surface area (Å²) in [5.74, 6) is 2.40. The van der Waals surface area contributed by atoms with Gasteiger partial charge in [0.25, 0.3) is 0 Å². The van der Waals surface area contributed by atoms with Crippen molar-refractivity contribution in [3.8, 4) is 0 Å². The maximum Gasteiger partial charge on any atom is 0.222 e. The fourth-order valence-electron chi connectivity index (χ4n) is 2.05. The Balaban J connectivity index is 1.72. The third kappa shape index (κ3) is 2.42. The molecule has 1 unspecified atom stereocenters. The highest BCUT2D eigenvalue weighted by Gasteiger charge is 2.35. The van der Waals surface area contributed by atoms with Crippen molar-refractivity contribution in [2.24, 2.45) is 5.73 Å². The Kier molecular flexibility index (Phi) is 3.02. The summed E-state index contributed by atoms with van der Waals surface area (Å²) in [6.07, 6.45) is 4.85. The average Bonchev–Trinajstić information content (AvgIpc) is 2.53. The molecule has 0 aromatic heterocycles. The average molecular weight is 214 g/mol. The maximum absolute atomic E-state index is 11.6. The summed E-state index contributed by atoms with van der Waals surface area (Å²) in [5, 5.41) is 3.06. The van der Waals surface area contributed by atoms with Gasteiger partial charge >= 0.3 is 0 Å². The van der Waals surface area contributed by atoms with Crippen molar-refractivity contribution in [3.05, 3.63) is 0 Å². The third-order valence-electron chi connectivity index (χ3n) is 3.16. The molecule has 1 saturated heterocycles. The van der Waals surface area contributed by atoms with E-state index in [1.165, 1.54) is 12.2 Å². The number of hydrogen-bond donors (Lipinski definition) is 2. The number of nitrogens with two attached hydrogens (primary N) is 1. The first kappa shape index (κ1) is 10.3. The molecule has 80 valence electrons. The molecule has 1 saturated carbocycles. The number of carbonyl (C=O) groups is 1. The van der Waals surface area contributed by atoms with E-state index in [1.807, 2.05) is 11.8 Å². The van der Waals surface area contributed by atoms with Crippen LogP contribution in [0.25, 0.3) is 0 Å². The minimum absolute atomic E-state index is 0.153. The lowest BCUT2D eigenvalue weighted by molar-refractivity contribution is -0.123. The predicted molar refractivity (Wildman–Crippen MR) is 59.3 cm³/mol. The summed E-state index contributed by atoms with van der Waals surface area (Å²) in [6.45, 7) is 0. The van der Waals surface area contributed by atoms with E-state index in [4.69, 9.17) is 5.73 Å². The van der Waals surface area contributed by atoms with E-state index < -0.39 is 0 Å². The first-order valence-electron chi connectivity index (χ1n) is 5.34. The fourth-order valence-corrected chi connectivity index (χ4v) is 3.21. The van der Waals surface area contributed by atoms with Gasteiger partial charge in [-0.2, -0.15) is 11.8 Å². The van der Waals surface area contributed by atoms with Gasteiger partial charge in [-0.05, 0) is 31.4 Å². The summed E-state index contributed by atoms with van der Waals surface area (Å²) >= 11 is 1.92. The quantitative estimate of drug-likeness (QED) is 0.733. The van der Waals surface area contributed by atoms with Gasteiger partial charge in [0, 0.05) is 23.8 Å². The molecular formula is C10H18N2OS. The van der Waals surface area contributed by atoms with Crippen molar-refractivity contribution in [3.63, 3.8) is 0 Å². The van der Waals surface area contributed by atoms with Gasteiger partial charge in [-0.15, -0.1) is 0 Å². The molecule has 0 aromatic rings. The van der Waals surface area contributed by atoms with Gasteiger partial charge in [-0.25, -0.2) is 0 Å². The lowest BCUT2D eigenvalue weighted by Gasteiger charge is -2.37. The SMILES string of the molecule is NC1(CC(=O)NC2CCSC2)CCC1. The van der Waals surface area contributed by atoms with Crippen molar-refractivity contribution < 1.29 is 4.79 Å². The molecule has 1 amide bonds. The van der Waals surface area contributed by atoms with Crippen molar-refractivity contribution in [2.75, 3.05) is 11.5 Å². The molecule has 3 nitrogen and oxygen atoms in total. The number of rotatable bonds is 3. The minimum atomic E-state index is -0.171. The van der Waals surface area contributed by atoms with Crippen molar-refractivity contribution in [1.29, 1.82) is 0 Å². The van der Waals surface area contributed by atoms with E-state index in [0.29, 0.717) is 12.5 Å². The highest BCUT2D eigenvalue weighted by atomic mass is 32.2. The second kappa shape index (κ2) is 4.11. The topological polar surface area (TPSA) is 55.1 Å². The van der Waals surface area contributed by atoms with Crippen LogP contribution in [0.2, 0.25) is 0 Å². The van der Waals surface area contributed by atoms with Crippen LogP contribution in [-0.4, -0.2) is 29.0 Å². The van der Waals surface area contributed by atoms with E-state index in [0.717, 1.165) is 25.0 Å². The largest absolute Gasteiger partial charge is 0.352 e. The Bertz CT molecular complexity index is 222. The molecule has 3 N–H and O–H groups in total. The van der Waals surface area contributed by atoms with Crippen LogP contribution in [0, 0.1) is 0 Å². The molecule has 0 bridgehead atoms. The summed E-state index contributed by atoms with van der Waals surface area (Å²) in [7, 11) is 0. The Morgan fingerprint density at radius 1 is 1.57 bits per heavy atom. The van der Waals surface area contributed by atoms with Crippen molar-refractivity contribution in [1.82, 2.24) is 5.32 Å². The molecule has 1 aliphatic carbocycles. The molecule has 2 aliphatic rings. The van der Waals surface area contributed by atoms with Gasteiger partial charge in [-0.1, -0.05) is 0 Å². The number of thioether (sulfide) groups is 1. The molecule has 4 heteroatoms. The van der Waals surface area contributed by atoms with Crippen molar-refractivity contribution >= 4 is 17.7 Å². The highest BCUT2D eigenvalue weighted by molar-refractivity contribution is 7.99. The van der Waals surface area contributed by atoms with Gasteiger partial charge in [0.1, 0.15) is 0 Å². The van der Waals surface area contributed by atoms with E-state index in [-0.39, 0.29) is 11.4 Å². The van der Waals surface area contributed by atoms with Gasteiger partial charge in [0.2, 0.25) is 5.91 Å². The van der Waals surface area contributed by atoms with Crippen LogP contribution in [0.3, 0.4) is 0 Å². The molecule has 0 aromatic carbocycles. The van der Waals surface area contributed by atoms with Crippen molar-refractivity contribution in [2.45, 2.75) is 43.7 Å². The lowest BCUT2D eigenvalue weighted by atomic mass is 9.75. The molecule has 2 rings (SSSR count). The summed E-state index contributed by atoms with van der Waals surface area (Å²) in [5.41, 5.74) is 5.84. The number of nitrogens with one attached hydrogen (secondary N) is 1. The number of hydrogen-bond acceptors (Lipinski definition) is 3. The van der Waals surface area contributed by atoms with E-state index in [2.05, 4.69) is 5.32 Å². The van der Waals surface area contributed by atoms with Crippen LogP contribution in [0.15, 0.2) is 0 Å².